The zero-order chi connectivity index (χ0) is 13.6. The van der Waals surface area contributed by atoms with E-state index in [0.717, 1.165) is 18.2 Å². The Labute approximate surface area is 120 Å². The van der Waals surface area contributed by atoms with E-state index in [1.165, 1.54) is 44.2 Å². The van der Waals surface area contributed by atoms with E-state index in [1.807, 2.05) is 0 Å². The van der Waals surface area contributed by atoms with Gasteiger partial charge in [0.05, 0.1) is 5.69 Å². The summed E-state index contributed by atoms with van der Waals surface area (Å²) in [6, 6.07) is 8.38. The molecule has 1 aromatic carbocycles. The first kappa shape index (κ1) is 13.2. The molecule has 0 amide bonds. The fraction of sp³-hybridized carbons (Fsp3) is 0.500. The minimum Gasteiger partial charge on any atom is -0.385 e. The van der Waals surface area contributed by atoms with Crippen molar-refractivity contribution >= 4 is 5.69 Å². The molecule has 0 aliphatic heterocycles. The van der Waals surface area contributed by atoms with Crippen LogP contribution in [0.4, 0.5) is 5.69 Å². The number of hydrogen-bond acceptors (Lipinski definition) is 3. The molecule has 106 valence electrons. The van der Waals surface area contributed by atoms with Gasteiger partial charge in [0.2, 0.25) is 0 Å². The molecule has 4 nitrogen and oxygen atoms in total. The summed E-state index contributed by atoms with van der Waals surface area (Å²) in [4.78, 5) is 3.96. The summed E-state index contributed by atoms with van der Waals surface area (Å²) in [6.07, 6.45) is 11.7. The third-order valence-electron chi connectivity index (χ3n) is 4.12. The molecular weight excluding hydrogens is 248 g/mol. The molecule has 1 fully saturated rings. The fourth-order valence-corrected chi connectivity index (χ4v) is 2.90. The average Bonchev–Trinajstić information content (AvgIpc) is 2.90. The maximum atomic E-state index is 4.13. The SMILES string of the molecule is c1ncn(-c2ccc(NCC3CCCCCC3)cc2)n1. The van der Waals surface area contributed by atoms with Crippen LogP contribution in [0.3, 0.4) is 0 Å². The van der Waals surface area contributed by atoms with E-state index in [0.29, 0.717) is 0 Å². The van der Waals surface area contributed by atoms with Gasteiger partial charge in [-0.2, -0.15) is 5.10 Å². The Balaban J connectivity index is 1.55. The van der Waals surface area contributed by atoms with Crippen molar-refractivity contribution in [1.82, 2.24) is 14.8 Å². The molecule has 0 unspecified atom stereocenters. The van der Waals surface area contributed by atoms with Gasteiger partial charge in [-0.1, -0.05) is 25.7 Å². The zero-order valence-corrected chi connectivity index (χ0v) is 11.8. The second kappa shape index (κ2) is 6.55. The van der Waals surface area contributed by atoms with Gasteiger partial charge >= 0.3 is 0 Å². The molecule has 1 heterocycles. The van der Waals surface area contributed by atoms with E-state index >= 15 is 0 Å². The highest BCUT2D eigenvalue weighted by Gasteiger charge is 2.11. The van der Waals surface area contributed by atoms with E-state index in [2.05, 4.69) is 39.7 Å². The molecule has 0 saturated heterocycles. The summed E-state index contributed by atoms with van der Waals surface area (Å²) >= 11 is 0. The molecule has 20 heavy (non-hydrogen) atoms. The lowest BCUT2D eigenvalue weighted by Gasteiger charge is -2.15. The van der Waals surface area contributed by atoms with E-state index in [9.17, 15) is 0 Å². The number of anilines is 1. The Kier molecular flexibility index (Phi) is 4.31. The summed E-state index contributed by atoms with van der Waals surface area (Å²) in [5.41, 5.74) is 2.24. The predicted octanol–water partition coefficient (Wildman–Crippen LogP) is 3.65. The van der Waals surface area contributed by atoms with Crippen LogP contribution in [0.15, 0.2) is 36.9 Å². The van der Waals surface area contributed by atoms with Gasteiger partial charge < -0.3 is 5.32 Å². The Morgan fingerprint density at radius 2 is 1.80 bits per heavy atom. The molecule has 1 aliphatic rings. The van der Waals surface area contributed by atoms with Gasteiger partial charge in [-0.15, -0.1) is 0 Å². The van der Waals surface area contributed by atoms with Crippen molar-refractivity contribution in [3.05, 3.63) is 36.9 Å². The van der Waals surface area contributed by atoms with Crippen LogP contribution in [0.1, 0.15) is 38.5 Å². The van der Waals surface area contributed by atoms with Gasteiger partial charge in [-0.25, -0.2) is 9.67 Å². The standard InChI is InChI=1S/C16H22N4/c1-2-4-6-14(5-3-1)11-18-15-7-9-16(10-8-15)20-13-17-12-19-20/h7-10,12-14,18H,1-6,11H2. The molecule has 3 rings (SSSR count). The van der Waals surface area contributed by atoms with Crippen molar-refractivity contribution < 1.29 is 0 Å². The topological polar surface area (TPSA) is 42.7 Å². The first-order valence-electron chi connectivity index (χ1n) is 7.61. The predicted molar refractivity (Wildman–Crippen MR) is 81.0 cm³/mol. The molecule has 1 aromatic heterocycles. The molecule has 0 atom stereocenters. The molecule has 2 aromatic rings. The van der Waals surface area contributed by atoms with Crippen molar-refractivity contribution in [2.45, 2.75) is 38.5 Å². The van der Waals surface area contributed by atoms with Gasteiger partial charge in [-0.3, -0.25) is 0 Å². The Morgan fingerprint density at radius 1 is 1.05 bits per heavy atom. The number of aromatic nitrogens is 3. The second-order valence-corrected chi connectivity index (χ2v) is 5.63. The van der Waals surface area contributed by atoms with Crippen LogP contribution < -0.4 is 5.32 Å². The van der Waals surface area contributed by atoms with Crippen LogP contribution in [-0.2, 0) is 0 Å². The van der Waals surface area contributed by atoms with Crippen molar-refractivity contribution in [1.29, 1.82) is 0 Å². The van der Waals surface area contributed by atoms with Crippen molar-refractivity contribution in [3.8, 4) is 5.69 Å². The number of hydrogen-bond donors (Lipinski definition) is 1. The summed E-state index contributed by atoms with van der Waals surface area (Å²) in [7, 11) is 0. The Morgan fingerprint density at radius 3 is 2.45 bits per heavy atom. The Bertz CT molecular complexity index is 496. The maximum absolute atomic E-state index is 4.13. The minimum absolute atomic E-state index is 0.840. The van der Waals surface area contributed by atoms with Gasteiger partial charge in [-0.05, 0) is 43.0 Å². The van der Waals surface area contributed by atoms with Crippen molar-refractivity contribution in [3.63, 3.8) is 0 Å². The van der Waals surface area contributed by atoms with E-state index in [1.54, 1.807) is 17.3 Å². The van der Waals surface area contributed by atoms with Crippen LogP contribution in [0, 0.1) is 5.92 Å². The number of benzene rings is 1. The van der Waals surface area contributed by atoms with Crippen LogP contribution in [0.5, 0.6) is 0 Å². The van der Waals surface area contributed by atoms with Crippen LogP contribution in [0.25, 0.3) is 5.69 Å². The smallest absolute Gasteiger partial charge is 0.138 e. The van der Waals surface area contributed by atoms with E-state index in [4.69, 9.17) is 0 Å². The molecular formula is C16H22N4. The largest absolute Gasteiger partial charge is 0.385 e. The van der Waals surface area contributed by atoms with Gasteiger partial charge in [0.25, 0.3) is 0 Å². The van der Waals surface area contributed by atoms with E-state index in [-0.39, 0.29) is 0 Å². The lowest BCUT2D eigenvalue weighted by molar-refractivity contribution is 0.483. The molecule has 0 bridgehead atoms. The fourth-order valence-electron chi connectivity index (χ4n) is 2.90. The summed E-state index contributed by atoms with van der Waals surface area (Å²) < 4.78 is 1.77. The van der Waals surface area contributed by atoms with Crippen LogP contribution >= 0.6 is 0 Å². The van der Waals surface area contributed by atoms with Crippen LogP contribution in [-0.4, -0.2) is 21.3 Å². The molecule has 4 heteroatoms. The van der Waals surface area contributed by atoms with Crippen molar-refractivity contribution in [2.75, 3.05) is 11.9 Å². The number of rotatable bonds is 4. The van der Waals surface area contributed by atoms with Crippen LogP contribution in [0.2, 0.25) is 0 Å². The van der Waals surface area contributed by atoms with E-state index < -0.39 is 0 Å². The highest BCUT2D eigenvalue weighted by Crippen LogP contribution is 2.23. The summed E-state index contributed by atoms with van der Waals surface area (Å²) in [6.45, 7) is 1.10. The summed E-state index contributed by atoms with van der Waals surface area (Å²) in [5, 5.41) is 7.70. The molecule has 1 N–H and O–H groups in total. The second-order valence-electron chi connectivity index (χ2n) is 5.63. The normalized spacial score (nSPS) is 16.8. The van der Waals surface area contributed by atoms with Gasteiger partial charge in [0.15, 0.2) is 0 Å². The minimum atomic E-state index is 0.840. The third-order valence-corrected chi connectivity index (χ3v) is 4.12. The highest BCUT2D eigenvalue weighted by atomic mass is 15.3. The number of nitrogens with one attached hydrogen (secondary N) is 1. The van der Waals surface area contributed by atoms with Gasteiger partial charge in [0.1, 0.15) is 12.7 Å². The molecule has 1 saturated carbocycles. The third kappa shape index (κ3) is 3.38. The molecule has 0 radical (unpaired) electrons. The highest BCUT2D eigenvalue weighted by molar-refractivity contribution is 5.48. The average molecular weight is 270 g/mol. The first-order chi connectivity index (χ1) is 9.92. The quantitative estimate of drug-likeness (QED) is 0.862. The lowest BCUT2D eigenvalue weighted by Crippen LogP contribution is -2.13. The zero-order valence-electron chi connectivity index (χ0n) is 11.8. The summed E-state index contributed by atoms with van der Waals surface area (Å²) in [5.74, 6) is 0.840. The molecule has 0 spiro atoms. The van der Waals surface area contributed by atoms with Crippen molar-refractivity contribution in [2.24, 2.45) is 5.92 Å². The lowest BCUT2D eigenvalue weighted by atomic mass is 10.0. The maximum Gasteiger partial charge on any atom is 0.138 e. The number of nitrogens with zero attached hydrogens (tertiary/aromatic N) is 3. The monoisotopic (exact) mass is 270 g/mol. The van der Waals surface area contributed by atoms with Gasteiger partial charge in [0, 0.05) is 12.2 Å². The Hall–Kier alpha value is -1.84. The molecule has 1 aliphatic carbocycles. The first-order valence-corrected chi connectivity index (χ1v) is 7.61.